The van der Waals surface area contributed by atoms with Crippen LogP contribution in [-0.4, -0.2) is 30.5 Å². The Kier molecular flexibility index (Phi) is 5.82. The lowest BCUT2D eigenvalue weighted by Crippen LogP contribution is -2.28. The highest BCUT2D eigenvalue weighted by Gasteiger charge is 2.10. The Morgan fingerprint density at radius 2 is 1.78 bits per heavy atom. The molecule has 0 N–H and O–H groups in total. The van der Waals surface area contributed by atoms with E-state index in [4.69, 9.17) is 16.3 Å². The molecule has 3 heteroatoms. The third-order valence-corrected chi connectivity index (χ3v) is 3.59. The number of piperidine rings is 1. The monoisotopic (exact) mass is 267 g/mol. The number of alkyl halides is 1. The van der Waals surface area contributed by atoms with Crippen LogP contribution in [0, 0.1) is 0 Å². The van der Waals surface area contributed by atoms with Crippen molar-refractivity contribution in [2.24, 2.45) is 0 Å². The summed E-state index contributed by atoms with van der Waals surface area (Å²) in [6.45, 7) is 4.26. The summed E-state index contributed by atoms with van der Waals surface area (Å²) in [6, 6.07) is 8.47. The molecule has 0 amide bonds. The van der Waals surface area contributed by atoms with E-state index in [1.165, 1.54) is 37.9 Å². The van der Waals surface area contributed by atoms with Crippen molar-refractivity contribution in [3.8, 4) is 5.75 Å². The number of ether oxygens (including phenoxy) is 1. The van der Waals surface area contributed by atoms with Gasteiger partial charge in [0.05, 0.1) is 6.61 Å². The molecule has 0 bridgehead atoms. The molecule has 1 heterocycles. The predicted molar refractivity (Wildman–Crippen MR) is 76.4 cm³/mol. The Bertz CT molecular complexity index is 333. The number of nitrogens with zero attached hydrogens (tertiary/aromatic N) is 1. The van der Waals surface area contributed by atoms with Crippen molar-refractivity contribution in [2.75, 3.05) is 25.6 Å². The third-order valence-electron chi connectivity index (χ3n) is 3.32. The Labute approximate surface area is 115 Å². The molecule has 0 spiro atoms. The van der Waals surface area contributed by atoms with Crippen LogP contribution in [0.5, 0.6) is 5.75 Å². The second-order valence-electron chi connectivity index (χ2n) is 4.87. The molecule has 0 atom stereocenters. The zero-order chi connectivity index (χ0) is 12.6. The second-order valence-corrected chi connectivity index (χ2v) is 5.25. The lowest BCUT2D eigenvalue weighted by Gasteiger charge is -2.26. The molecule has 2 nitrogen and oxygen atoms in total. The van der Waals surface area contributed by atoms with Gasteiger partial charge in [-0.05, 0) is 50.0 Å². The maximum Gasteiger partial charge on any atom is 0.119 e. The summed E-state index contributed by atoms with van der Waals surface area (Å²) in [5.41, 5.74) is 1.38. The van der Waals surface area contributed by atoms with Crippen LogP contribution in [0.15, 0.2) is 24.3 Å². The van der Waals surface area contributed by atoms with Crippen molar-refractivity contribution >= 4 is 11.6 Å². The summed E-state index contributed by atoms with van der Waals surface area (Å²) in [5.74, 6) is 1.61. The summed E-state index contributed by atoms with van der Waals surface area (Å²) < 4.78 is 5.59. The Morgan fingerprint density at radius 1 is 1.06 bits per heavy atom. The van der Waals surface area contributed by atoms with Gasteiger partial charge in [0.2, 0.25) is 0 Å². The van der Waals surface area contributed by atoms with Gasteiger partial charge >= 0.3 is 0 Å². The molecule has 0 saturated carbocycles. The molecule has 1 aliphatic heterocycles. The minimum absolute atomic E-state index is 0.660. The van der Waals surface area contributed by atoms with Gasteiger partial charge in [-0.15, -0.1) is 11.6 Å². The summed E-state index contributed by atoms with van der Waals surface area (Å²) in [4.78, 5) is 2.53. The summed E-state index contributed by atoms with van der Waals surface area (Å²) in [6.07, 6.45) is 4.99. The van der Waals surface area contributed by atoms with Crippen molar-refractivity contribution in [1.82, 2.24) is 4.90 Å². The van der Waals surface area contributed by atoms with Gasteiger partial charge in [-0.3, -0.25) is 4.90 Å². The predicted octanol–water partition coefficient (Wildman–Crippen LogP) is 3.68. The van der Waals surface area contributed by atoms with Crippen molar-refractivity contribution in [3.63, 3.8) is 0 Å². The lowest BCUT2D eigenvalue weighted by atomic mass is 10.1. The molecule has 1 aromatic rings. The number of likely N-dealkylation sites (tertiary alicyclic amines) is 1. The fourth-order valence-corrected chi connectivity index (χ4v) is 2.42. The van der Waals surface area contributed by atoms with Crippen LogP contribution in [0.3, 0.4) is 0 Å². The quantitative estimate of drug-likeness (QED) is 0.576. The van der Waals surface area contributed by atoms with Crippen molar-refractivity contribution < 1.29 is 4.74 Å². The first-order chi connectivity index (χ1) is 8.88. The van der Waals surface area contributed by atoms with E-state index < -0.39 is 0 Å². The van der Waals surface area contributed by atoms with Crippen LogP contribution in [0.4, 0.5) is 0 Å². The normalized spacial score (nSPS) is 16.7. The van der Waals surface area contributed by atoms with Gasteiger partial charge < -0.3 is 4.74 Å². The minimum Gasteiger partial charge on any atom is -0.494 e. The van der Waals surface area contributed by atoms with E-state index in [0.29, 0.717) is 12.5 Å². The van der Waals surface area contributed by atoms with Crippen molar-refractivity contribution in [1.29, 1.82) is 0 Å². The van der Waals surface area contributed by atoms with Gasteiger partial charge in [0, 0.05) is 12.4 Å². The largest absolute Gasteiger partial charge is 0.494 e. The fourth-order valence-electron chi connectivity index (χ4n) is 2.31. The molecular formula is C15H22ClNO. The van der Waals surface area contributed by atoms with Crippen LogP contribution < -0.4 is 4.74 Å². The van der Waals surface area contributed by atoms with Gasteiger partial charge in [0.1, 0.15) is 5.75 Å². The first-order valence-corrected chi connectivity index (χ1v) is 7.42. The molecule has 0 aromatic heterocycles. The van der Waals surface area contributed by atoms with Gasteiger partial charge in [-0.2, -0.15) is 0 Å². The van der Waals surface area contributed by atoms with E-state index in [2.05, 4.69) is 29.2 Å². The molecule has 0 unspecified atom stereocenters. The van der Waals surface area contributed by atoms with E-state index in [1.807, 2.05) is 0 Å². The zero-order valence-electron chi connectivity index (χ0n) is 10.9. The topological polar surface area (TPSA) is 12.5 Å². The molecule has 18 heavy (non-hydrogen) atoms. The van der Waals surface area contributed by atoms with Gasteiger partial charge in [-0.1, -0.05) is 18.6 Å². The van der Waals surface area contributed by atoms with Crippen LogP contribution in [0.1, 0.15) is 31.2 Å². The van der Waals surface area contributed by atoms with Gasteiger partial charge in [0.25, 0.3) is 0 Å². The highest BCUT2D eigenvalue weighted by atomic mass is 35.5. The van der Waals surface area contributed by atoms with Crippen LogP contribution in [0.2, 0.25) is 0 Å². The van der Waals surface area contributed by atoms with E-state index in [-0.39, 0.29) is 0 Å². The number of benzene rings is 1. The Morgan fingerprint density at radius 3 is 2.44 bits per heavy atom. The average molecular weight is 268 g/mol. The van der Waals surface area contributed by atoms with Crippen LogP contribution in [-0.2, 0) is 6.54 Å². The molecule has 2 rings (SSSR count). The molecule has 1 aliphatic rings. The third kappa shape index (κ3) is 4.51. The van der Waals surface area contributed by atoms with Crippen molar-refractivity contribution in [3.05, 3.63) is 29.8 Å². The molecule has 0 aliphatic carbocycles. The number of halogens is 1. The highest BCUT2D eigenvalue weighted by Crippen LogP contribution is 2.16. The maximum absolute atomic E-state index is 5.62. The molecule has 1 fully saturated rings. The highest BCUT2D eigenvalue weighted by molar-refractivity contribution is 6.17. The number of hydrogen-bond acceptors (Lipinski definition) is 2. The number of hydrogen-bond donors (Lipinski definition) is 0. The zero-order valence-corrected chi connectivity index (χ0v) is 11.7. The summed E-state index contributed by atoms with van der Waals surface area (Å²) in [7, 11) is 0. The van der Waals surface area contributed by atoms with E-state index >= 15 is 0 Å². The van der Waals surface area contributed by atoms with Gasteiger partial charge in [0.15, 0.2) is 0 Å². The van der Waals surface area contributed by atoms with Crippen LogP contribution >= 0.6 is 11.6 Å². The molecule has 100 valence electrons. The second kappa shape index (κ2) is 7.65. The fraction of sp³-hybridized carbons (Fsp3) is 0.600. The van der Waals surface area contributed by atoms with Crippen molar-refractivity contribution in [2.45, 2.75) is 32.2 Å². The first-order valence-electron chi connectivity index (χ1n) is 6.88. The molecule has 1 saturated heterocycles. The minimum atomic E-state index is 0.660. The molecule has 1 aromatic carbocycles. The summed E-state index contributed by atoms with van der Waals surface area (Å²) in [5, 5.41) is 0. The SMILES string of the molecule is ClCCCOc1ccc(CN2CCCCC2)cc1. The van der Waals surface area contributed by atoms with E-state index in [1.54, 1.807) is 0 Å². The number of rotatable bonds is 6. The summed E-state index contributed by atoms with van der Waals surface area (Å²) >= 11 is 5.62. The van der Waals surface area contributed by atoms with Crippen LogP contribution in [0.25, 0.3) is 0 Å². The maximum atomic E-state index is 5.62. The van der Waals surface area contributed by atoms with E-state index in [9.17, 15) is 0 Å². The first kappa shape index (κ1) is 13.7. The lowest BCUT2D eigenvalue weighted by molar-refractivity contribution is 0.221. The average Bonchev–Trinajstić information content (AvgIpc) is 2.42. The smallest absolute Gasteiger partial charge is 0.119 e. The molecular weight excluding hydrogens is 246 g/mol. The standard InChI is InChI=1S/C15H22ClNO/c16-9-4-12-18-15-7-5-14(6-8-15)13-17-10-2-1-3-11-17/h5-8H,1-4,9-13H2. The van der Waals surface area contributed by atoms with E-state index in [0.717, 1.165) is 18.7 Å². The molecule has 0 radical (unpaired) electrons. The Hall–Kier alpha value is -0.730. The Balaban J connectivity index is 1.79. The van der Waals surface area contributed by atoms with Gasteiger partial charge in [-0.25, -0.2) is 0 Å².